The summed E-state index contributed by atoms with van der Waals surface area (Å²) in [6.45, 7) is 1.32. The minimum absolute atomic E-state index is 0.0118. The maximum absolute atomic E-state index is 13.0. The maximum Gasteiger partial charge on any atom is 0.259 e. The van der Waals surface area contributed by atoms with Crippen LogP contribution in [0.2, 0.25) is 5.02 Å². The van der Waals surface area contributed by atoms with Gasteiger partial charge in [0.15, 0.2) is 11.6 Å². The summed E-state index contributed by atoms with van der Waals surface area (Å²) in [4.78, 5) is 40.4. The number of H-pyrrole nitrogens is 1. The number of aromatic nitrogens is 1. The molecule has 1 N–H and O–H groups in total. The van der Waals surface area contributed by atoms with Crippen LogP contribution in [0.3, 0.4) is 0 Å². The third kappa shape index (κ3) is 2.26. The number of benzene rings is 2. The number of rotatable bonds is 2. The van der Waals surface area contributed by atoms with Crippen molar-refractivity contribution >= 4 is 23.2 Å². The molecule has 0 aliphatic heterocycles. The summed E-state index contributed by atoms with van der Waals surface area (Å²) in [5, 5.41) is 0.532. The van der Waals surface area contributed by atoms with Gasteiger partial charge in [0.1, 0.15) is 0 Å². The Morgan fingerprint density at radius 1 is 0.920 bits per heavy atom. The first-order valence-corrected chi connectivity index (χ1v) is 8.08. The summed E-state index contributed by atoms with van der Waals surface area (Å²) in [5.74, 6) is -0.591. The third-order valence-corrected chi connectivity index (χ3v) is 4.62. The van der Waals surface area contributed by atoms with Crippen LogP contribution in [0.25, 0.3) is 22.4 Å². The fourth-order valence-electron chi connectivity index (χ4n) is 3.31. The summed E-state index contributed by atoms with van der Waals surface area (Å²) >= 11 is 5.95. The standard InChI is InChI=1S/C20H12ClNO3/c1-10(23)15-16(11-6-8-12(21)9-7-11)17-18(22-20(15)25)13-4-2-3-5-14(13)19(17)24/h2-9H,1H3,(H,22,25). The average Bonchev–Trinajstić information content (AvgIpc) is 2.87. The monoisotopic (exact) mass is 349 g/mol. The lowest BCUT2D eigenvalue weighted by Gasteiger charge is -2.12. The molecular formula is C20H12ClNO3. The van der Waals surface area contributed by atoms with Crippen molar-refractivity contribution in [3.05, 3.63) is 80.6 Å². The Labute approximate surface area is 148 Å². The highest BCUT2D eigenvalue weighted by Crippen LogP contribution is 2.40. The van der Waals surface area contributed by atoms with E-state index >= 15 is 0 Å². The minimum atomic E-state index is -0.499. The lowest BCUT2D eigenvalue weighted by Crippen LogP contribution is -2.20. The number of pyridine rings is 1. The Hall–Kier alpha value is -2.98. The fraction of sp³-hybridized carbons (Fsp3) is 0.0500. The van der Waals surface area contributed by atoms with E-state index in [1.54, 1.807) is 48.5 Å². The third-order valence-electron chi connectivity index (χ3n) is 4.37. The molecule has 4 nitrogen and oxygen atoms in total. The van der Waals surface area contributed by atoms with E-state index in [0.29, 0.717) is 38.5 Å². The van der Waals surface area contributed by atoms with E-state index in [-0.39, 0.29) is 11.3 Å². The van der Waals surface area contributed by atoms with Crippen molar-refractivity contribution in [1.29, 1.82) is 0 Å². The van der Waals surface area contributed by atoms with Gasteiger partial charge in [0.05, 0.1) is 16.8 Å². The smallest absolute Gasteiger partial charge is 0.259 e. The number of ketones is 2. The van der Waals surface area contributed by atoms with E-state index in [0.717, 1.165) is 0 Å². The van der Waals surface area contributed by atoms with E-state index < -0.39 is 11.3 Å². The highest BCUT2D eigenvalue weighted by atomic mass is 35.5. The Morgan fingerprint density at radius 3 is 2.20 bits per heavy atom. The molecule has 3 aromatic rings. The lowest BCUT2D eigenvalue weighted by atomic mass is 9.92. The molecule has 1 aliphatic rings. The fourth-order valence-corrected chi connectivity index (χ4v) is 3.43. The molecule has 4 rings (SSSR count). The molecule has 25 heavy (non-hydrogen) atoms. The predicted molar refractivity (Wildman–Crippen MR) is 96.4 cm³/mol. The van der Waals surface area contributed by atoms with E-state index in [4.69, 9.17) is 11.6 Å². The first kappa shape index (κ1) is 15.5. The van der Waals surface area contributed by atoms with Crippen molar-refractivity contribution in [1.82, 2.24) is 4.98 Å². The maximum atomic E-state index is 13.0. The molecule has 0 spiro atoms. The molecule has 1 heterocycles. The van der Waals surface area contributed by atoms with E-state index in [2.05, 4.69) is 4.98 Å². The normalized spacial score (nSPS) is 12.0. The molecule has 0 radical (unpaired) electrons. The Kier molecular flexibility index (Phi) is 3.44. The second-order valence-electron chi connectivity index (χ2n) is 5.89. The second kappa shape index (κ2) is 5.53. The average molecular weight is 350 g/mol. The van der Waals surface area contributed by atoms with Gasteiger partial charge in [-0.3, -0.25) is 14.4 Å². The number of hydrogen-bond acceptors (Lipinski definition) is 3. The molecule has 1 aromatic heterocycles. The Balaban J connectivity index is 2.15. The zero-order chi connectivity index (χ0) is 17.7. The number of Topliss-reactive ketones (excluding diaryl/α,β-unsaturated/α-hetero) is 1. The molecule has 0 unspecified atom stereocenters. The summed E-state index contributed by atoms with van der Waals surface area (Å²) in [6, 6.07) is 13.8. The highest BCUT2D eigenvalue weighted by Gasteiger charge is 2.33. The molecule has 5 heteroatoms. The number of carbonyl (C=O) groups excluding carboxylic acids is 2. The molecule has 1 aliphatic carbocycles. The van der Waals surface area contributed by atoms with Crippen LogP contribution in [-0.4, -0.2) is 16.6 Å². The van der Waals surface area contributed by atoms with Crippen LogP contribution < -0.4 is 5.56 Å². The van der Waals surface area contributed by atoms with Crippen LogP contribution in [-0.2, 0) is 0 Å². The van der Waals surface area contributed by atoms with Crippen molar-refractivity contribution in [3.63, 3.8) is 0 Å². The molecule has 0 amide bonds. The van der Waals surface area contributed by atoms with Crippen LogP contribution in [0.4, 0.5) is 0 Å². The van der Waals surface area contributed by atoms with Crippen molar-refractivity contribution in [2.24, 2.45) is 0 Å². The number of hydrogen-bond donors (Lipinski definition) is 1. The number of halogens is 1. The topological polar surface area (TPSA) is 67.0 Å². The largest absolute Gasteiger partial charge is 0.321 e. The molecule has 0 atom stereocenters. The molecule has 2 aromatic carbocycles. The van der Waals surface area contributed by atoms with Gasteiger partial charge in [0.2, 0.25) is 0 Å². The summed E-state index contributed by atoms with van der Waals surface area (Å²) in [6.07, 6.45) is 0. The minimum Gasteiger partial charge on any atom is -0.321 e. The van der Waals surface area contributed by atoms with Gasteiger partial charge in [-0.15, -0.1) is 0 Å². The summed E-state index contributed by atoms with van der Waals surface area (Å²) < 4.78 is 0. The van der Waals surface area contributed by atoms with Crippen LogP contribution >= 0.6 is 11.6 Å². The summed E-state index contributed by atoms with van der Waals surface area (Å²) in [5.41, 5.74) is 2.47. The van der Waals surface area contributed by atoms with Gasteiger partial charge >= 0.3 is 0 Å². The second-order valence-corrected chi connectivity index (χ2v) is 6.33. The molecule has 0 fully saturated rings. The van der Waals surface area contributed by atoms with Crippen molar-refractivity contribution in [3.8, 4) is 22.4 Å². The van der Waals surface area contributed by atoms with Gasteiger partial charge in [0.25, 0.3) is 5.56 Å². The van der Waals surface area contributed by atoms with Gasteiger partial charge in [-0.05, 0) is 24.6 Å². The number of carbonyl (C=O) groups is 2. The number of fused-ring (bicyclic) bond motifs is 3. The molecule has 122 valence electrons. The zero-order valence-electron chi connectivity index (χ0n) is 13.2. The van der Waals surface area contributed by atoms with Crippen LogP contribution in [0.1, 0.15) is 33.2 Å². The van der Waals surface area contributed by atoms with Crippen molar-refractivity contribution in [2.45, 2.75) is 6.92 Å². The number of nitrogens with one attached hydrogen (secondary N) is 1. The molecule has 0 bridgehead atoms. The van der Waals surface area contributed by atoms with Crippen molar-refractivity contribution < 1.29 is 9.59 Å². The van der Waals surface area contributed by atoms with Gasteiger partial charge < -0.3 is 4.98 Å². The van der Waals surface area contributed by atoms with Gasteiger partial charge in [-0.1, -0.05) is 48.0 Å². The van der Waals surface area contributed by atoms with E-state index in [1.165, 1.54) is 6.92 Å². The SMILES string of the molecule is CC(=O)c1c(-c2ccc(Cl)cc2)c2c([nH]c1=O)-c1ccccc1C2=O. The number of aromatic amines is 1. The first-order valence-electron chi connectivity index (χ1n) is 7.70. The van der Waals surface area contributed by atoms with Crippen LogP contribution in [0, 0.1) is 0 Å². The molecular weight excluding hydrogens is 338 g/mol. The first-order chi connectivity index (χ1) is 12.0. The van der Waals surface area contributed by atoms with E-state index in [9.17, 15) is 14.4 Å². The Morgan fingerprint density at radius 2 is 1.56 bits per heavy atom. The quantitative estimate of drug-likeness (QED) is 0.554. The molecule has 0 saturated heterocycles. The predicted octanol–water partition coefficient (Wildman–Crippen LogP) is 4.11. The lowest BCUT2D eigenvalue weighted by molar-refractivity contribution is 0.101. The van der Waals surface area contributed by atoms with Crippen LogP contribution in [0.5, 0.6) is 0 Å². The van der Waals surface area contributed by atoms with Crippen LogP contribution in [0.15, 0.2) is 53.3 Å². The van der Waals surface area contributed by atoms with Gasteiger partial charge in [-0.2, -0.15) is 0 Å². The summed E-state index contributed by atoms with van der Waals surface area (Å²) in [7, 11) is 0. The van der Waals surface area contributed by atoms with Gasteiger partial charge in [0, 0.05) is 21.7 Å². The zero-order valence-corrected chi connectivity index (χ0v) is 14.0. The van der Waals surface area contributed by atoms with Crippen molar-refractivity contribution in [2.75, 3.05) is 0 Å². The molecule has 0 saturated carbocycles. The highest BCUT2D eigenvalue weighted by molar-refractivity contribution is 6.30. The van der Waals surface area contributed by atoms with E-state index in [1.807, 2.05) is 0 Å². The van der Waals surface area contributed by atoms with Gasteiger partial charge in [-0.25, -0.2) is 0 Å². The Bertz CT molecular complexity index is 1110.